The number of carbonyl (C=O) groups excluding carboxylic acids is 1. The van der Waals surface area contributed by atoms with Crippen LogP contribution in [0.1, 0.15) is 34.1 Å². The molecule has 0 fully saturated rings. The summed E-state index contributed by atoms with van der Waals surface area (Å²) >= 11 is 0. The number of aromatic amines is 1. The highest BCUT2D eigenvalue weighted by Crippen LogP contribution is 2.12. The number of hydrogen-bond acceptors (Lipinski definition) is 3. The summed E-state index contributed by atoms with van der Waals surface area (Å²) in [5.41, 5.74) is 2.64. The largest absolute Gasteiger partial charge is 0.326 e. The lowest BCUT2D eigenvalue weighted by Crippen LogP contribution is -2.21. The molecule has 4 nitrogen and oxygen atoms in total. The summed E-state index contributed by atoms with van der Waals surface area (Å²) in [6.07, 6.45) is 5.07. The van der Waals surface area contributed by atoms with Crippen molar-refractivity contribution in [2.75, 3.05) is 0 Å². The third-order valence-electron chi connectivity index (χ3n) is 3.02. The molecule has 0 saturated heterocycles. The number of Topliss-reactive ketones (excluding diaryl/α,β-unsaturated/α-hetero) is 1. The molecular formula is C16H16N2O2. The summed E-state index contributed by atoms with van der Waals surface area (Å²) in [5, 5.41) is 0. The summed E-state index contributed by atoms with van der Waals surface area (Å²) in [6.45, 7) is 5.27. The smallest absolute Gasteiger partial charge is 0.259 e. The molecular weight excluding hydrogens is 252 g/mol. The number of H-pyrrole nitrogens is 1. The van der Waals surface area contributed by atoms with Crippen LogP contribution in [0.15, 0.2) is 41.0 Å². The highest BCUT2D eigenvalue weighted by molar-refractivity contribution is 6.11. The highest BCUT2D eigenvalue weighted by Gasteiger charge is 2.15. The molecule has 0 saturated carbocycles. The molecule has 2 aromatic rings. The number of ketones is 1. The van der Waals surface area contributed by atoms with Crippen molar-refractivity contribution in [2.24, 2.45) is 0 Å². The third kappa shape index (κ3) is 2.91. The summed E-state index contributed by atoms with van der Waals surface area (Å²) < 4.78 is 0. The summed E-state index contributed by atoms with van der Waals surface area (Å²) in [7, 11) is 0. The molecule has 4 heteroatoms. The Morgan fingerprint density at radius 1 is 1.35 bits per heavy atom. The number of carbonyl (C=O) groups is 1. The number of hydrogen-bond donors (Lipinski definition) is 1. The maximum absolute atomic E-state index is 12.4. The Labute approximate surface area is 117 Å². The summed E-state index contributed by atoms with van der Waals surface area (Å²) in [6, 6.07) is 5.45. The molecule has 1 N–H and O–H groups in total. The van der Waals surface area contributed by atoms with Crippen molar-refractivity contribution in [1.29, 1.82) is 0 Å². The molecule has 0 amide bonds. The van der Waals surface area contributed by atoms with Gasteiger partial charge in [-0.15, -0.1) is 0 Å². The molecule has 2 rings (SSSR count). The Hall–Kier alpha value is -2.49. The van der Waals surface area contributed by atoms with Gasteiger partial charge in [0.1, 0.15) is 0 Å². The van der Waals surface area contributed by atoms with Gasteiger partial charge in [0, 0.05) is 18.1 Å². The van der Waals surface area contributed by atoms with Gasteiger partial charge in [0.2, 0.25) is 0 Å². The van der Waals surface area contributed by atoms with Crippen molar-refractivity contribution in [3.63, 3.8) is 0 Å². The number of aryl methyl sites for hydroxylation is 2. The van der Waals surface area contributed by atoms with Crippen LogP contribution in [0.25, 0.3) is 6.08 Å². The molecule has 0 atom stereocenters. The van der Waals surface area contributed by atoms with E-state index in [0.717, 1.165) is 11.3 Å². The van der Waals surface area contributed by atoms with Crippen LogP contribution in [-0.4, -0.2) is 15.8 Å². The quantitative estimate of drug-likeness (QED) is 0.687. The zero-order valence-electron chi connectivity index (χ0n) is 11.7. The molecule has 0 aliphatic rings. The average molecular weight is 268 g/mol. The van der Waals surface area contributed by atoms with Crippen LogP contribution >= 0.6 is 0 Å². The van der Waals surface area contributed by atoms with Gasteiger partial charge in [0.15, 0.2) is 5.78 Å². The van der Waals surface area contributed by atoms with E-state index in [1.54, 1.807) is 51.4 Å². The van der Waals surface area contributed by atoms with Crippen molar-refractivity contribution in [3.05, 3.63) is 68.9 Å². The van der Waals surface area contributed by atoms with Crippen LogP contribution < -0.4 is 5.56 Å². The molecule has 0 unspecified atom stereocenters. The van der Waals surface area contributed by atoms with Crippen molar-refractivity contribution in [3.8, 4) is 0 Å². The number of rotatable bonds is 3. The first kappa shape index (κ1) is 13.9. The van der Waals surface area contributed by atoms with Crippen LogP contribution in [-0.2, 0) is 0 Å². The average Bonchev–Trinajstić information content (AvgIpc) is 2.38. The van der Waals surface area contributed by atoms with Crippen LogP contribution in [0.5, 0.6) is 0 Å². The van der Waals surface area contributed by atoms with Crippen LogP contribution in [0.2, 0.25) is 0 Å². The van der Waals surface area contributed by atoms with Crippen LogP contribution in [0.3, 0.4) is 0 Å². The van der Waals surface area contributed by atoms with Gasteiger partial charge < -0.3 is 4.98 Å². The Morgan fingerprint density at radius 2 is 2.10 bits per heavy atom. The van der Waals surface area contributed by atoms with E-state index in [1.165, 1.54) is 0 Å². The van der Waals surface area contributed by atoms with Gasteiger partial charge in [-0.3, -0.25) is 14.6 Å². The predicted octanol–water partition coefficient (Wildman–Crippen LogP) is 2.67. The van der Waals surface area contributed by atoms with E-state index in [1.807, 2.05) is 6.07 Å². The van der Waals surface area contributed by atoms with Gasteiger partial charge in [0.05, 0.1) is 5.56 Å². The second-order valence-electron chi connectivity index (χ2n) is 4.78. The molecule has 0 aliphatic carbocycles. The van der Waals surface area contributed by atoms with Crippen molar-refractivity contribution in [2.45, 2.75) is 20.8 Å². The zero-order chi connectivity index (χ0) is 14.7. The molecule has 20 heavy (non-hydrogen) atoms. The molecule has 2 heterocycles. The normalized spacial score (nSPS) is 11.4. The van der Waals surface area contributed by atoms with E-state index in [0.29, 0.717) is 11.1 Å². The number of nitrogens with one attached hydrogen (secondary N) is 1. The lowest BCUT2D eigenvalue weighted by Gasteiger charge is -2.05. The molecule has 0 radical (unpaired) electrons. The van der Waals surface area contributed by atoms with E-state index in [9.17, 15) is 9.59 Å². The van der Waals surface area contributed by atoms with Crippen LogP contribution in [0.4, 0.5) is 0 Å². The standard InChI is InChI=1S/C16H16N2O2/c1-10-7-12(3)18-16(20)14(10)15(19)11(2)8-13-5-4-6-17-9-13/h4-9H,1-3H3,(H,18,20)/b11-8+. The topological polar surface area (TPSA) is 62.8 Å². The number of allylic oxidation sites excluding steroid dienone is 1. The van der Waals surface area contributed by atoms with Gasteiger partial charge >= 0.3 is 0 Å². The SMILES string of the molecule is C/C(=C\c1cccnc1)C(=O)c1c(C)cc(C)[nH]c1=O. The van der Waals surface area contributed by atoms with Crippen molar-refractivity contribution < 1.29 is 4.79 Å². The van der Waals surface area contributed by atoms with E-state index in [-0.39, 0.29) is 16.9 Å². The highest BCUT2D eigenvalue weighted by atomic mass is 16.1. The zero-order valence-corrected chi connectivity index (χ0v) is 11.7. The fraction of sp³-hybridized carbons (Fsp3) is 0.188. The van der Waals surface area contributed by atoms with E-state index < -0.39 is 0 Å². The first-order chi connectivity index (χ1) is 9.49. The monoisotopic (exact) mass is 268 g/mol. The molecule has 0 aliphatic heterocycles. The fourth-order valence-electron chi connectivity index (χ4n) is 2.11. The van der Waals surface area contributed by atoms with E-state index >= 15 is 0 Å². The Bertz CT molecular complexity index is 728. The number of nitrogens with zero attached hydrogens (tertiary/aromatic N) is 1. The van der Waals surface area contributed by atoms with Gasteiger partial charge in [-0.25, -0.2) is 0 Å². The minimum absolute atomic E-state index is 0.202. The third-order valence-corrected chi connectivity index (χ3v) is 3.02. The Balaban J connectivity index is 2.42. The van der Waals surface area contributed by atoms with Gasteiger partial charge in [0.25, 0.3) is 5.56 Å². The van der Waals surface area contributed by atoms with Gasteiger partial charge in [-0.2, -0.15) is 0 Å². The first-order valence-corrected chi connectivity index (χ1v) is 6.32. The minimum Gasteiger partial charge on any atom is -0.326 e. The lowest BCUT2D eigenvalue weighted by molar-refractivity contribution is 0.103. The van der Waals surface area contributed by atoms with E-state index in [4.69, 9.17) is 0 Å². The van der Waals surface area contributed by atoms with Crippen molar-refractivity contribution in [1.82, 2.24) is 9.97 Å². The predicted molar refractivity (Wildman–Crippen MR) is 78.8 cm³/mol. The van der Waals surface area contributed by atoms with Crippen LogP contribution in [0, 0.1) is 13.8 Å². The summed E-state index contributed by atoms with van der Waals surface area (Å²) in [4.78, 5) is 31.0. The Kier molecular flexibility index (Phi) is 3.94. The minimum atomic E-state index is -0.341. The fourth-order valence-corrected chi connectivity index (χ4v) is 2.11. The first-order valence-electron chi connectivity index (χ1n) is 6.32. The van der Waals surface area contributed by atoms with E-state index in [2.05, 4.69) is 9.97 Å². The molecule has 102 valence electrons. The molecule has 2 aromatic heterocycles. The van der Waals surface area contributed by atoms with Gasteiger partial charge in [-0.1, -0.05) is 6.07 Å². The maximum atomic E-state index is 12.4. The molecule has 0 spiro atoms. The Morgan fingerprint density at radius 3 is 2.70 bits per heavy atom. The summed E-state index contributed by atoms with van der Waals surface area (Å²) in [5.74, 6) is -0.257. The second kappa shape index (κ2) is 5.65. The van der Waals surface area contributed by atoms with Gasteiger partial charge in [-0.05, 0) is 55.7 Å². The number of pyridine rings is 2. The number of aromatic nitrogens is 2. The maximum Gasteiger partial charge on any atom is 0.259 e. The van der Waals surface area contributed by atoms with Crippen molar-refractivity contribution >= 4 is 11.9 Å². The lowest BCUT2D eigenvalue weighted by atomic mass is 10.00. The molecule has 0 aromatic carbocycles. The second-order valence-corrected chi connectivity index (χ2v) is 4.78. The molecule has 0 bridgehead atoms.